The molecule has 0 spiro atoms. The number of nitrogens with zero attached hydrogens (tertiary/aromatic N) is 1. The highest BCUT2D eigenvalue weighted by molar-refractivity contribution is 6.27. The third-order valence-electron chi connectivity index (χ3n) is 1.78. The van der Waals surface area contributed by atoms with Crippen molar-refractivity contribution >= 4 is 46.5 Å². The largest absolute Gasteiger partial charge is 0.473 e. The van der Waals surface area contributed by atoms with Crippen LogP contribution >= 0.6 is 23.2 Å². The molecule has 0 aromatic heterocycles. The number of benzene rings is 1. The van der Waals surface area contributed by atoms with Crippen molar-refractivity contribution in [3.05, 3.63) is 24.0 Å². The van der Waals surface area contributed by atoms with Crippen LogP contribution in [0.4, 0.5) is 15.8 Å². The molecular formula is C10H11Cl2FN2O4. The van der Waals surface area contributed by atoms with Gasteiger partial charge in [0.15, 0.2) is 0 Å². The second kappa shape index (κ2) is 8.39. The number of hydrogen-bond donors (Lipinski definition) is 3. The Labute approximate surface area is 118 Å². The molecule has 0 atom stereocenters. The number of rotatable bonds is 3. The second-order valence-corrected chi connectivity index (χ2v) is 3.58. The number of carboxylic acid groups (broad SMARTS) is 2. The molecule has 0 aliphatic carbocycles. The highest BCUT2D eigenvalue weighted by atomic mass is 35.5. The number of nitrogen functional groups attached to an aromatic ring is 1. The number of carbonyl (C=O) groups is 2. The predicted octanol–water partition coefficient (Wildman–Crippen LogP) is 1.76. The van der Waals surface area contributed by atoms with E-state index in [1.807, 2.05) is 0 Å². The molecule has 0 radical (unpaired) electrons. The van der Waals surface area contributed by atoms with Crippen molar-refractivity contribution in [3.8, 4) is 0 Å². The maximum Gasteiger partial charge on any atom is 0.414 e. The number of hydrogen-bond acceptors (Lipinski definition) is 4. The van der Waals surface area contributed by atoms with Crippen molar-refractivity contribution < 1.29 is 24.2 Å². The van der Waals surface area contributed by atoms with Gasteiger partial charge in [-0.1, -0.05) is 0 Å². The first-order chi connectivity index (χ1) is 8.83. The van der Waals surface area contributed by atoms with Crippen LogP contribution in [0, 0.1) is 5.82 Å². The van der Waals surface area contributed by atoms with Crippen LogP contribution in [0.15, 0.2) is 18.2 Å². The minimum Gasteiger partial charge on any atom is -0.473 e. The van der Waals surface area contributed by atoms with E-state index in [0.717, 1.165) is 0 Å². The number of carboxylic acids is 2. The summed E-state index contributed by atoms with van der Waals surface area (Å²) in [5.74, 6) is -4.06. The molecule has 0 heterocycles. The first-order valence-electron chi connectivity index (χ1n) is 4.71. The van der Waals surface area contributed by atoms with Crippen molar-refractivity contribution in [1.82, 2.24) is 0 Å². The number of alkyl halides is 2. The molecule has 0 amide bonds. The summed E-state index contributed by atoms with van der Waals surface area (Å²) < 4.78 is 13.2. The van der Waals surface area contributed by atoms with Crippen LogP contribution in [0.25, 0.3) is 0 Å². The van der Waals surface area contributed by atoms with Crippen LogP contribution in [-0.2, 0) is 9.59 Å². The lowest BCUT2D eigenvalue weighted by molar-refractivity contribution is -0.159. The fourth-order valence-corrected chi connectivity index (χ4v) is 1.45. The van der Waals surface area contributed by atoms with E-state index in [0.29, 0.717) is 11.4 Å². The Morgan fingerprint density at radius 2 is 1.68 bits per heavy atom. The zero-order chi connectivity index (χ0) is 15.0. The summed E-state index contributed by atoms with van der Waals surface area (Å²) in [4.78, 5) is 19.7. The summed E-state index contributed by atoms with van der Waals surface area (Å²) in [5, 5.41) is 14.8. The Balaban J connectivity index is 0.000000459. The van der Waals surface area contributed by atoms with Gasteiger partial charge >= 0.3 is 11.9 Å². The molecule has 0 unspecified atom stereocenters. The van der Waals surface area contributed by atoms with E-state index < -0.39 is 17.8 Å². The van der Waals surface area contributed by atoms with Crippen molar-refractivity contribution in [2.24, 2.45) is 0 Å². The molecule has 0 fully saturated rings. The van der Waals surface area contributed by atoms with Gasteiger partial charge in [0, 0.05) is 5.69 Å². The van der Waals surface area contributed by atoms with Crippen molar-refractivity contribution in [2.45, 2.75) is 0 Å². The standard InChI is InChI=1S/C8H9Cl2FN2.C2H2O4/c9-4-13(5-10)8-2-1-6(12)3-7(8)11;3-1(4)2(5)6/h1-3H,4-5,12H2;(H,3,4)(H,5,6). The highest BCUT2D eigenvalue weighted by Gasteiger charge is 2.09. The number of halogens is 3. The summed E-state index contributed by atoms with van der Waals surface area (Å²) in [6.07, 6.45) is 0. The number of aliphatic carboxylic acids is 2. The molecule has 0 aliphatic rings. The average molecular weight is 313 g/mol. The van der Waals surface area contributed by atoms with Crippen LogP contribution in [0.5, 0.6) is 0 Å². The van der Waals surface area contributed by atoms with Gasteiger partial charge in [-0.3, -0.25) is 0 Å². The van der Waals surface area contributed by atoms with Crippen LogP contribution < -0.4 is 10.6 Å². The minimum atomic E-state index is -1.82. The molecule has 0 saturated carbocycles. The molecule has 106 valence electrons. The Morgan fingerprint density at radius 3 is 2.00 bits per heavy atom. The molecular weight excluding hydrogens is 302 g/mol. The zero-order valence-corrected chi connectivity index (χ0v) is 11.0. The Hall–Kier alpha value is -1.73. The number of anilines is 2. The van der Waals surface area contributed by atoms with Gasteiger partial charge in [-0.25, -0.2) is 14.0 Å². The van der Waals surface area contributed by atoms with Gasteiger partial charge in [-0.15, -0.1) is 23.2 Å². The molecule has 19 heavy (non-hydrogen) atoms. The van der Waals surface area contributed by atoms with Crippen molar-refractivity contribution in [2.75, 3.05) is 22.6 Å². The third kappa shape index (κ3) is 6.12. The smallest absolute Gasteiger partial charge is 0.414 e. The van der Waals surface area contributed by atoms with Crippen LogP contribution in [0.3, 0.4) is 0 Å². The van der Waals surface area contributed by atoms with E-state index in [2.05, 4.69) is 0 Å². The molecule has 0 bridgehead atoms. The molecule has 4 N–H and O–H groups in total. The Bertz CT molecular complexity index is 443. The fourth-order valence-electron chi connectivity index (χ4n) is 0.940. The van der Waals surface area contributed by atoms with E-state index in [-0.39, 0.29) is 12.0 Å². The Kier molecular flexibility index (Phi) is 7.62. The lowest BCUT2D eigenvalue weighted by Crippen LogP contribution is -2.20. The zero-order valence-electron chi connectivity index (χ0n) is 9.52. The maximum absolute atomic E-state index is 13.2. The van der Waals surface area contributed by atoms with E-state index in [9.17, 15) is 4.39 Å². The van der Waals surface area contributed by atoms with Gasteiger partial charge < -0.3 is 20.8 Å². The quantitative estimate of drug-likeness (QED) is 0.340. The molecule has 1 aromatic carbocycles. The van der Waals surface area contributed by atoms with E-state index >= 15 is 0 Å². The molecule has 0 saturated heterocycles. The Morgan fingerprint density at radius 1 is 1.21 bits per heavy atom. The highest BCUT2D eigenvalue weighted by Crippen LogP contribution is 2.22. The first kappa shape index (κ1) is 17.3. The van der Waals surface area contributed by atoms with Gasteiger partial charge in [-0.2, -0.15) is 0 Å². The van der Waals surface area contributed by atoms with Crippen molar-refractivity contribution in [1.29, 1.82) is 0 Å². The van der Waals surface area contributed by atoms with Crippen molar-refractivity contribution in [3.63, 3.8) is 0 Å². The van der Waals surface area contributed by atoms with E-state index in [1.54, 1.807) is 12.1 Å². The van der Waals surface area contributed by atoms with Gasteiger partial charge in [0.2, 0.25) is 0 Å². The molecule has 9 heteroatoms. The minimum absolute atomic E-state index is 0.143. The summed E-state index contributed by atoms with van der Waals surface area (Å²) >= 11 is 11.1. The van der Waals surface area contributed by atoms with Gasteiger partial charge in [0.1, 0.15) is 5.82 Å². The topological polar surface area (TPSA) is 104 Å². The summed E-state index contributed by atoms with van der Waals surface area (Å²) in [5.41, 5.74) is 6.13. The predicted molar refractivity (Wildman–Crippen MR) is 70.0 cm³/mol. The summed E-state index contributed by atoms with van der Waals surface area (Å²) in [6, 6.07) is 4.68. The van der Waals surface area contributed by atoms with Gasteiger partial charge in [-0.05, 0) is 18.2 Å². The van der Waals surface area contributed by atoms with Crippen LogP contribution in [0.1, 0.15) is 0 Å². The summed E-state index contributed by atoms with van der Waals surface area (Å²) in [6.45, 7) is 0. The maximum atomic E-state index is 13.2. The van der Waals surface area contributed by atoms with Gasteiger partial charge in [0.25, 0.3) is 0 Å². The molecule has 1 aromatic rings. The lowest BCUT2D eigenvalue weighted by atomic mass is 10.2. The number of nitrogens with two attached hydrogens (primary N) is 1. The lowest BCUT2D eigenvalue weighted by Gasteiger charge is -2.18. The first-order valence-corrected chi connectivity index (χ1v) is 5.78. The third-order valence-corrected chi connectivity index (χ3v) is 2.36. The monoisotopic (exact) mass is 312 g/mol. The second-order valence-electron chi connectivity index (χ2n) is 3.10. The van der Waals surface area contributed by atoms with E-state index in [4.69, 9.17) is 48.7 Å². The normalized spacial score (nSPS) is 9.21. The molecule has 1 rings (SSSR count). The fraction of sp³-hybridized carbons (Fsp3) is 0.200. The average Bonchev–Trinajstić information content (AvgIpc) is 2.33. The summed E-state index contributed by atoms with van der Waals surface area (Å²) in [7, 11) is 0. The van der Waals surface area contributed by atoms with E-state index in [1.165, 1.54) is 11.0 Å². The van der Waals surface area contributed by atoms with Crippen LogP contribution in [0.2, 0.25) is 0 Å². The molecule has 0 aliphatic heterocycles. The van der Waals surface area contributed by atoms with Crippen LogP contribution in [-0.4, -0.2) is 34.2 Å². The van der Waals surface area contributed by atoms with Gasteiger partial charge in [0.05, 0.1) is 17.7 Å². The molecule has 6 nitrogen and oxygen atoms in total. The SMILES string of the molecule is Nc1ccc(N(CCl)CCl)c(F)c1.O=C(O)C(=O)O.